The Balaban J connectivity index is 1.97. The second kappa shape index (κ2) is 7.85. The Morgan fingerprint density at radius 2 is 1.62 bits per heavy atom. The monoisotopic (exact) mass is 405 g/mol. The number of hydrogen-bond acceptors (Lipinski definition) is 1. The van der Waals surface area contributed by atoms with Crippen LogP contribution in [0.3, 0.4) is 0 Å². The van der Waals surface area contributed by atoms with Crippen LogP contribution in [-0.2, 0) is 13.0 Å². The van der Waals surface area contributed by atoms with Crippen LogP contribution in [0.5, 0.6) is 0 Å². The molecular formula is C16H15BrCl3N. The molecule has 0 spiro atoms. The summed E-state index contributed by atoms with van der Waals surface area (Å²) in [6.45, 7) is 2.73. The predicted octanol–water partition coefficient (Wildman–Crippen LogP) is 6.13. The van der Waals surface area contributed by atoms with Gasteiger partial charge in [-0.25, -0.2) is 0 Å². The van der Waals surface area contributed by atoms with Crippen molar-refractivity contribution in [3.8, 4) is 0 Å². The number of halogens is 4. The van der Waals surface area contributed by atoms with Crippen molar-refractivity contribution in [1.82, 2.24) is 5.32 Å². The van der Waals surface area contributed by atoms with Crippen molar-refractivity contribution in [3.63, 3.8) is 0 Å². The molecule has 0 aliphatic rings. The topological polar surface area (TPSA) is 12.0 Å². The highest BCUT2D eigenvalue weighted by molar-refractivity contribution is 9.10. The lowest BCUT2D eigenvalue weighted by Crippen LogP contribution is -2.27. The number of hydrogen-bond donors (Lipinski definition) is 1. The average molecular weight is 408 g/mol. The molecular weight excluding hydrogens is 392 g/mol. The van der Waals surface area contributed by atoms with Crippen LogP contribution >= 0.6 is 50.7 Å². The Morgan fingerprint density at radius 3 is 2.29 bits per heavy atom. The molecule has 0 aromatic heterocycles. The molecule has 1 unspecified atom stereocenters. The zero-order valence-electron chi connectivity index (χ0n) is 11.5. The first-order valence-electron chi connectivity index (χ1n) is 6.57. The Bertz CT molecular complexity index is 614. The van der Waals surface area contributed by atoms with E-state index in [2.05, 4.69) is 40.3 Å². The van der Waals surface area contributed by atoms with Crippen molar-refractivity contribution in [3.05, 3.63) is 67.1 Å². The summed E-state index contributed by atoms with van der Waals surface area (Å²) < 4.78 is 1.09. The molecule has 112 valence electrons. The molecule has 21 heavy (non-hydrogen) atoms. The van der Waals surface area contributed by atoms with Gasteiger partial charge in [0.15, 0.2) is 0 Å². The summed E-state index contributed by atoms with van der Waals surface area (Å²) in [6.07, 6.45) is 0.934. The Morgan fingerprint density at radius 1 is 1.00 bits per heavy atom. The SMILES string of the molecule is CC(Cc1ccc(Br)cc1)NCc1c(Cl)ccc(Cl)c1Cl. The van der Waals surface area contributed by atoms with E-state index >= 15 is 0 Å². The Kier molecular flexibility index (Phi) is 6.39. The molecule has 0 saturated carbocycles. The van der Waals surface area contributed by atoms with Crippen LogP contribution in [0.1, 0.15) is 18.1 Å². The molecule has 5 heteroatoms. The molecule has 2 rings (SSSR count). The summed E-state index contributed by atoms with van der Waals surface area (Å²) in [4.78, 5) is 0. The van der Waals surface area contributed by atoms with E-state index < -0.39 is 0 Å². The summed E-state index contributed by atoms with van der Waals surface area (Å²) in [7, 11) is 0. The lowest BCUT2D eigenvalue weighted by molar-refractivity contribution is 0.545. The van der Waals surface area contributed by atoms with Crippen molar-refractivity contribution in [2.45, 2.75) is 25.9 Å². The highest BCUT2D eigenvalue weighted by atomic mass is 79.9. The van der Waals surface area contributed by atoms with Crippen LogP contribution in [0, 0.1) is 0 Å². The first kappa shape index (κ1) is 17.1. The molecule has 2 aromatic carbocycles. The third kappa shape index (κ3) is 4.87. The molecule has 0 radical (unpaired) electrons. The smallest absolute Gasteiger partial charge is 0.0652 e. The van der Waals surface area contributed by atoms with E-state index in [4.69, 9.17) is 34.8 Å². The molecule has 0 saturated heterocycles. The minimum Gasteiger partial charge on any atom is -0.310 e. The van der Waals surface area contributed by atoms with Gasteiger partial charge in [0.05, 0.1) is 10.0 Å². The second-order valence-electron chi connectivity index (χ2n) is 4.93. The van der Waals surface area contributed by atoms with Gasteiger partial charge in [-0.15, -0.1) is 0 Å². The third-order valence-corrected chi connectivity index (χ3v) is 4.95. The summed E-state index contributed by atoms with van der Waals surface area (Å²) in [5.41, 5.74) is 2.12. The first-order valence-corrected chi connectivity index (χ1v) is 8.50. The van der Waals surface area contributed by atoms with Crippen LogP contribution in [-0.4, -0.2) is 6.04 Å². The molecule has 2 aromatic rings. The van der Waals surface area contributed by atoms with Gasteiger partial charge in [-0.1, -0.05) is 62.9 Å². The van der Waals surface area contributed by atoms with Crippen molar-refractivity contribution < 1.29 is 0 Å². The van der Waals surface area contributed by atoms with E-state index in [1.807, 2.05) is 12.1 Å². The quantitative estimate of drug-likeness (QED) is 0.588. The number of nitrogens with one attached hydrogen (secondary N) is 1. The Hall–Kier alpha value is -0.250. The molecule has 0 aliphatic carbocycles. The number of rotatable bonds is 5. The van der Waals surface area contributed by atoms with Gasteiger partial charge < -0.3 is 5.32 Å². The van der Waals surface area contributed by atoms with Crippen LogP contribution in [0.25, 0.3) is 0 Å². The van der Waals surface area contributed by atoms with Gasteiger partial charge in [0.1, 0.15) is 0 Å². The van der Waals surface area contributed by atoms with E-state index in [1.54, 1.807) is 12.1 Å². The molecule has 1 N–H and O–H groups in total. The van der Waals surface area contributed by atoms with E-state index in [0.29, 0.717) is 27.7 Å². The summed E-state index contributed by atoms with van der Waals surface area (Å²) in [5, 5.41) is 5.11. The second-order valence-corrected chi connectivity index (χ2v) is 7.04. The largest absolute Gasteiger partial charge is 0.310 e. The highest BCUT2D eigenvalue weighted by Gasteiger charge is 2.11. The standard InChI is InChI=1S/C16H15BrCl3N/c1-10(8-11-2-4-12(17)5-3-11)21-9-13-14(18)6-7-15(19)16(13)20/h2-7,10,21H,8-9H2,1H3. The average Bonchev–Trinajstić information content (AvgIpc) is 2.45. The number of benzene rings is 2. The maximum Gasteiger partial charge on any atom is 0.0652 e. The molecule has 0 bridgehead atoms. The van der Waals surface area contributed by atoms with Crippen LogP contribution < -0.4 is 5.32 Å². The van der Waals surface area contributed by atoms with E-state index in [9.17, 15) is 0 Å². The molecule has 1 atom stereocenters. The fourth-order valence-electron chi connectivity index (χ4n) is 2.05. The molecule has 0 fully saturated rings. The lowest BCUT2D eigenvalue weighted by atomic mass is 10.1. The molecule has 0 amide bonds. The molecule has 0 aliphatic heterocycles. The minimum absolute atomic E-state index is 0.303. The van der Waals surface area contributed by atoms with Crippen molar-refractivity contribution in [2.24, 2.45) is 0 Å². The fraction of sp³-hybridized carbons (Fsp3) is 0.250. The zero-order valence-corrected chi connectivity index (χ0v) is 15.3. The van der Waals surface area contributed by atoms with Crippen molar-refractivity contribution >= 4 is 50.7 Å². The fourth-order valence-corrected chi connectivity index (χ4v) is 3.00. The van der Waals surface area contributed by atoms with Gasteiger partial charge in [-0.3, -0.25) is 0 Å². The van der Waals surface area contributed by atoms with E-state index in [0.717, 1.165) is 16.5 Å². The first-order chi connectivity index (χ1) is 9.97. The maximum atomic E-state index is 6.20. The van der Waals surface area contributed by atoms with Gasteiger partial charge in [-0.2, -0.15) is 0 Å². The van der Waals surface area contributed by atoms with Crippen LogP contribution in [0.15, 0.2) is 40.9 Å². The zero-order chi connectivity index (χ0) is 15.4. The predicted molar refractivity (Wildman–Crippen MR) is 95.6 cm³/mol. The lowest BCUT2D eigenvalue weighted by Gasteiger charge is -2.16. The minimum atomic E-state index is 0.303. The normalized spacial score (nSPS) is 12.4. The van der Waals surface area contributed by atoms with Crippen LogP contribution in [0.2, 0.25) is 15.1 Å². The van der Waals surface area contributed by atoms with Gasteiger partial charge in [-0.05, 0) is 43.2 Å². The van der Waals surface area contributed by atoms with E-state index in [1.165, 1.54) is 5.56 Å². The van der Waals surface area contributed by atoms with Crippen LogP contribution in [0.4, 0.5) is 0 Å². The van der Waals surface area contributed by atoms with Gasteiger partial charge in [0, 0.05) is 27.6 Å². The Labute approximate surface area is 148 Å². The van der Waals surface area contributed by atoms with Crippen molar-refractivity contribution in [2.75, 3.05) is 0 Å². The van der Waals surface area contributed by atoms with Gasteiger partial charge >= 0.3 is 0 Å². The molecule has 0 heterocycles. The van der Waals surface area contributed by atoms with Crippen molar-refractivity contribution in [1.29, 1.82) is 0 Å². The van der Waals surface area contributed by atoms with Gasteiger partial charge in [0.2, 0.25) is 0 Å². The summed E-state index contributed by atoms with van der Waals surface area (Å²) in [6, 6.07) is 12.1. The highest BCUT2D eigenvalue weighted by Crippen LogP contribution is 2.31. The van der Waals surface area contributed by atoms with E-state index in [-0.39, 0.29) is 0 Å². The summed E-state index contributed by atoms with van der Waals surface area (Å²) >= 11 is 21.8. The third-order valence-electron chi connectivity index (χ3n) is 3.22. The maximum absolute atomic E-state index is 6.20. The van der Waals surface area contributed by atoms with Gasteiger partial charge in [0.25, 0.3) is 0 Å². The molecule has 1 nitrogen and oxygen atoms in total. The summed E-state index contributed by atoms with van der Waals surface area (Å²) in [5.74, 6) is 0.